The normalized spacial score (nSPS) is 9.76. The predicted molar refractivity (Wildman–Crippen MR) is 72.3 cm³/mol. The molecular formula is C13H14N2O6. The number of aliphatic carboxylic acids is 2. The second-order valence-electron chi connectivity index (χ2n) is 4.21. The minimum absolute atomic E-state index is 0.195. The standard InChI is InChI=1S/C13H14N2O6/c1-8(16)9-3-2-4-10(5-9)14-13(21)15(6-11(17)18)7-12(19)20/h2-5H,6-7H2,1H3,(H,14,21)(H,17,18)(H,19,20). The number of anilines is 1. The van der Waals surface area contributed by atoms with E-state index in [2.05, 4.69) is 5.32 Å². The molecule has 8 nitrogen and oxygen atoms in total. The predicted octanol–water partition coefficient (Wildman–Crippen LogP) is 0.892. The summed E-state index contributed by atoms with van der Waals surface area (Å²) < 4.78 is 0. The van der Waals surface area contributed by atoms with Crippen LogP contribution in [-0.4, -0.2) is 52.0 Å². The van der Waals surface area contributed by atoms with Gasteiger partial charge in [0.05, 0.1) is 0 Å². The number of hydrogen-bond acceptors (Lipinski definition) is 4. The van der Waals surface area contributed by atoms with Gasteiger partial charge in [-0.05, 0) is 19.1 Å². The molecule has 0 aliphatic heterocycles. The van der Waals surface area contributed by atoms with Gasteiger partial charge >= 0.3 is 18.0 Å². The molecule has 3 N–H and O–H groups in total. The molecule has 2 amide bonds. The summed E-state index contributed by atoms with van der Waals surface area (Å²) >= 11 is 0. The molecule has 0 radical (unpaired) electrons. The number of amides is 2. The molecule has 0 bridgehead atoms. The third-order valence-corrected chi connectivity index (χ3v) is 2.46. The van der Waals surface area contributed by atoms with Crippen LogP contribution in [0.5, 0.6) is 0 Å². The van der Waals surface area contributed by atoms with Crippen LogP contribution in [0.1, 0.15) is 17.3 Å². The summed E-state index contributed by atoms with van der Waals surface area (Å²) in [5.41, 5.74) is 0.643. The summed E-state index contributed by atoms with van der Waals surface area (Å²) in [6.45, 7) is -0.128. The minimum atomic E-state index is -1.33. The Bertz CT molecular complexity index is 568. The number of nitrogens with one attached hydrogen (secondary N) is 1. The van der Waals surface area contributed by atoms with Gasteiger partial charge in [0.15, 0.2) is 5.78 Å². The fourth-order valence-electron chi connectivity index (χ4n) is 1.54. The van der Waals surface area contributed by atoms with Crippen molar-refractivity contribution in [1.29, 1.82) is 0 Å². The van der Waals surface area contributed by atoms with Crippen molar-refractivity contribution < 1.29 is 29.4 Å². The highest BCUT2D eigenvalue weighted by molar-refractivity contribution is 5.97. The monoisotopic (exact) mass is 294 g/mol. The highest BCUT2D eigenvalue weighted by Gasteiger charge is 2.19. The van der Waals surface area contributed by atoms with E-state index in [1.807, 2.05) is 0 Å². The molecule has 0 saturated heterocycles. The van der Waals surface area contributed by atoms with Crippen molar-refractivity contribution in [2.75, 3.05) is 18.4 Å². The molecule has 8 heteroatoms. The molecule has 0 unspecified atom stereocenters. The first-order valence-electron chi connectivity index (χ1n) is 5.90. The zero-order valence-electron chi connectivity index (χ0n) is 11.2. The lowest BCUT2D eigenvalue weighted by molar-refractivity contribution is -0.140. The number of carboxylic acids is 2. The fourth-order valence-corrected chi connectivity index (χ4v) is 1.54. The largest absolute Gasteiger partial charge is 0.480 e. The van der Waals surface area contributed by atoms with Crippen LogP contribution in [0.2, 0.25) is 0 Å². The summed E-state index contributed by atoms with van der Waals surface area (Å²) in [6.07, 6.45) is 0. The maximum atomic E-state index is 11.9. The number of benzene rings is 1. The number of carbonyl (C=O) groups excluding carboxylic acids is 2. The Labute approximate surface area is 120 Å². The molecule has 0 aliphatic carbocycles. The number of carboxylic acid groups (broad SMARTS) is 2. The van der Waals surface area contributed by atoms with Gasteiger partial charge in [-0.1, -0.05) is 12.1 Å². The molecule has 0 spiro atoms. The molecule has 0 aliphatic rings. The second kappa shape index (κ2) is 7.04. The molecule has 0 aromatic heterocycles. The van der Waals surface area contributed by atoms with Crippen molar-refractivity contribution in [2.45, 2.75) is 6.92 Å². The lowest BCUT2D eigenvalue weighted by Crippen LogP contribution is -2.41. The van der Waals surface area contributed by atoms with Crippen molar-refractivity contribution in [3.8, 4) is 0 Å². The summed E-state index contributed by atoms with van der Waals surface area (Å²) in [5.74, 6) is -2.85. The lowest BCUT2D eigenvalue weighted by atomic mass is 10.1. The highest BCUT2D eigenvalue weighted by Crippen LogP contribution is 2.12. The lowest BCUT2D eigenvalue weighted by Gasteiger charge is -2.19. The average molecular weight is 294 g/mol. The smallest absolute Gasteiger partial charge is 0.323 e. The number of rotatable bonds is 6. The molecule has 0 heterocycles. The first-order chi connectivity index (χ1) is 9.79. The second-order valence-corrected chi connectivity index (χ2v) is 4.21. The number of hydrogen-bond donors (Lipinski definition) is 3. The topological polar surface area (TPSA) is 124 Å². The first-order valence-corrected chi connectivity index (χ1v) is 5.90. The van der Waals surface area contributed by atoms with Gasteiger partial charge in [0.25, 0.3) is 0 Å². The number of Topliss-reactive ketones (excluding diaryl/α,β-unsaturated/α-hetero) is 1. The molecule has 0 fully saturated rings. The van der Waals surface area contributed by atoms with Crippen molar-refractivity contribution in [3.05, 3.63) is 29.8 Å². The summed E-state index contributed by atoms with van der Waals surface area (Å²) in [5, 5.41) is 19.7. The summed E-state index contributed by atoms with van der Waals surface area (Å²) in [6, 6.07) is 5.15. The minimum Gasteiger partial charge on any atom is -0.480 e. The van der Waals surface area contributed by atoms with Crippen LogP contribution < -0.4 is 5.32 Å². The molecule has 1 aromatic carbocycles. The van der Waals surface area contributed by atoms with Crippen LogP contribution in [0.15, 0.2) is 24.3 Å². The molecule has 21 heavy (non-hydrogen) atoms. The van der Waals surface area contributed by atoms with Crippen LogP contribution >= 0.6 is 0 Å². The number of nitrogens with zero attached hydrogens (tertiary/aromatic N) is 1. The van der Waals surface area contributed by atoms with E-state index in [1.165, 1.54) is 19.1 Å². The third kappa shape index (κ3) is 5.31. The van der Waals surface area contributed by atoms with Crippen molar-refractivity contribution in [1.82, 2.24) is 4.90 Å². The van der Waals surface area contributed by atoms with Gasteiger partial charge in [-0.15, -0.1) is 0 Å². The molecule has 1 aromatic rings. The van der Waals surface area contributed by atoms with E-state index < -0.39 is 31.1 Å². The van der Waals surface area contributed by atoms with Crippen LogP contribution in [0.4, 0.5) is 10.5 Å². The van der Waals surface area contributed by atoms with E-state index in [0.29, 0.717) is 10.5 Å². The quantitative estimate of drug-likeness (QED) is 0.669. The zero-order valence-corrected chi connectivity index (χ0v) is 11.2. The van der Waals surface area contributed by atoms with Gasteiger partial charge in [-0.3, -0.25) is 14.4 Å². The maximum Gasteiger partial charge on any atom is 0.323 e. The van der Waals surface area contributed by atoms with Crippen molar-refractivity contribution >= 4 is 29.4 Å². The van der Waals surface area contributed by atoms with E-state index in [9.17, 15) is 19.2 Å². The van der Waals surface area contributed by atoms with Gasteiger partial charge in [0.2, 0.25) is 0 Å². The Morgan fingerprint density at radius 2 is 1.67 bits per heavy atom. The van der Waals surface area contributed by atoms with Crippen LogP contribution in [0, 0.1) is 0 Å². The molecule has 0 saturated carbocycles. The molecule has 112 valence electrons. The van der Waals surface area contributed by atoms with Gasteiger partial charge in [-0.2, -0.15) is 0 Å². The van der Waals surface area contributed by atoms with Gasteiger partial charge in [0, 0.05) is 11.3 Å². The van der Waals surface area contributed by atoms with Crippen molar-refractivity contribution in [2.24, 2.45) is 0 Å². The molecular weight excluding hydrogens is 280 g/mol. The maximum absolute atomic E-state index is 11.9. The van der Waals surface area contributed by atoms with Crippen molar-refractivity contribution in [3.63, 3.8) is 0 Å². The van der Waals surface area contributed by atoms with Crippen LogP contribution in [-0.2, 0) is 9.59 Å². The zero-order chi connectivity index (χ0) is 16.0. The van der Waals surface area contributed by atoms with Gasteiger partial charge in [-0.25, -0.2) is 4.79 Å². The van der Waals surface area contributed by atoms with Gasteiger partial charge in [0.1, 0.15) is 13.1 Å². The third-order valence-electron chi connectivity index (χ3n) is 2.46. The van der Waals surface area contributed by atoms with E-state index in [4.69, 9.17) is 10.2 Å². The average Bonchev–Trinajstić information content (AvgIpc) is 2.37. The Kier molecular flexibility index (Phi) is 5.41. The van der Waals surface area contributed by atoms with Gasteiger partial charge < -0.3 is 20.4 Å². The van der Waals surface area contributed by atoms with E-state index in [-0.39, 0.29) is 11.5 Å². The fraction of sp³-hybridized carbons (Fsp3) is 0.231. The Morgan fingerprint density at radius 3 is 2.14 bits per heavy atom. The SMILES string of the molecule is CC(=O)c1cccc(NC(=O)N(CC(=O)O)CC(=O)O)c1. The van der Waals surface area contributed by atoms with E-state index in [1.54, 1.807) is 12.1 Å². The number of urea groups is 1. The summed E-state index contributed by atoms with van der Waals surface area (Å²) in [4.78, 5) is 45.0. The Morgan fingerprint density at radius 1 is 1.10 bits per heavy atom. The Hall–Kier alpha value is -2.90. The Balaban J connectivity index is 2.85. The number of carbonyl (C=O) groups is 4. The first kappa shape index (κ1) is 16.2. The molecule has 1 rings (SSSR count). The van der Waals surface area contributed by atoms with E-state index in [0.717, 1.165) is 0 Å². The summed E-state index contributed by atoms with van der Waals surface area (Å²) in [7, 11) is 0. The van der Waals surface area contributed by atoms with E-state index >= 15 is 0 Å². The number of ketones is 1. The molecule has 0 atom stereocenters. The van der Waals surface area contributed by atoms with Crippen LogP contribution in [0.3, 0.4) is 0 Å². The van der Waals surface area contributed by atoms with Crippen LogP contribution in [0.25, 0.3) is 0 Å². The highest BCUT2D eigenvalue weighted by atomic mass is 16.4.